The van der Waals surface area contributed by atoms with Crippen LogP contribution < -0.4 is 4.74 Å². The fourth-order valence-corrected chi connectivity index (χ4v) is 1.20. The van der Waals surface area contributed by atoms with Crippen LogP contribution in [0.25, 0.3) is 0 Å². The zero-order valence-electron chi connectivity index (χ0n) is 6.98. The highest BCUT2D eigenvalue weighted by molar-refractivity contribution is 6.66. The zero-order chi connectivity index (χ0) is 9.90. The molecule has 0 amide bonds. The molecule has 0 spiro atoms. The molecule has 1 aromatic rings. The summed E-state index contributed by atoms with van der Waals surface area (Å²) in [7, 11) is 0. The van der Waals surface area contributed by atoms with Crippen molar-refractivity contribution in [1.29, 1.82) is 0 Å². The molecule has 1 radical (unpaired) electrons. The molecule has 0 fully saturated rings. The second-order valence-corrected chi connectivity index (χ2v) is 4.61. The van der Waals surface area contributed by atoms with E-state index in [0.29, 0.717) is 5.75 Å². The summed E-state index contributed by atoms with van der Waals surface area (Å²) in [6.45, 7) is 1.99. The van der Waals surface area contributed by atoms with E-state index in [4.69, 9.17) is 39.5 Å². The normalized spacial score (nSPS) is 11.4. The van der Waals surface area contributed by atoms with Gasteiger partial charge < -0.3 is 4.74 Å². The van der Waals surface area contributed by atoms with Crippen molar-refractivity contribution in [2.75, 3.05) is 0 Å². The molecule has 13 heavy (non-hydrogen) atoms. The van der Waals surface area contributed by atoms with Crippen molar-refractivity contribution in [2.45, 2.75) is 17.3 Å². The molecule has 0 heterocycles. The van der Waals surface area contributed by atoms with E-state index in [1.807, 2.05) is 13.0 Å². The summed E-state index contributed by atoms with van der Waals surface area (Å²) in [6, 6.07) is 8.18. The molecule has 0 aromatic heterocycles. The monoisotopic (exact) mass is 237 g/mol. The molecule has 0 aliphatic rings. The van der Waals surface area contributed by atoms with Crippen LogP contribution in [0.1, 0.15) is 12.5 Å². The van der Waals surface area contributed by atoms with Gasteiger partial charge in [0.15, 0.2) is 0 Å². The van der Waals surface area contributed by atoms with Gasteiger partial charge in [-0.15, -0.1) is 0 Å². The van der Waals surface area contributed by atoms with Gasteiger partial charge in [0.05, 0.1) is 0 Å². The van der Waals surface area contributed by atoms with E-state index in [1.54, 1.807) is 12.1 Å². The van der Waals surface area contributed by atoms with Crippen molar-refractivity contribution in [3.8, 4) is 5.75 Å². The minimum atomic E-state index is -1.70. The molecule has 0 N–H and O–H groups in total. The van der Waals surface area contributed by atoms with Gasteiger partial charge in [-0.25, -0.2) is 0 Å². The van der Waals surface area contributed by atoms with E-state index in [1.165, 1.54) is 0 Å². The van der Waals surface area contributed by atoms with Crippen molar-refractivity contribution in [3.05, 3.63) is 29.8 Å². The van der Waals surface area contributed by atoms with E-state index in [9.17, 15) is 0 Å². The summed E-state index contributed by atoms with van der Waals surface area (Å²) in [5.74, 6) is 0.584. The van der Waals surface area contributed by atoms with Crippen LogP contribution in [0.4, 0.5) is 0 Å². The molecule has 1 rings (SSSR count). The molecule has 0 bridgehead atoms. The maximum absolute atomic E-state index is 5.50. The maximum Gasteiger partial charge on any atom is 0.338 e. The average molecular weight is 239 g/mol. The fourth-order valence-electron chi connectivity index (χ4n) is 0.951. The Morgan fingerprint density at radius 2 is 2.15 bits per heavy atom. The molecule has 71 valence electrons. The topological polar surface area (TPSA) is 9.23 Å². The lowest BCUT2D eigenvalue weighted by molar-refractivity contribution is 0.317. The van der Waals surface area contributed by atoms with Crippen molar-refractivity contribution in [1.82, 2.24) is 0 Å². The van der Waals surface area contributed by atoms with Gasteiger partial charge >= 0.3 is 3.98 Å². The maximum atomic E-state index is 5.50. The van der Waals surface area contributed by atoms with Gasteiger partial charge in [0, 0.05) is 0 Å². The number of halogens is 3. The summed E-state index contributed by atoms with van der Waals surface area (Å²) in [5.41, 5.74) is 0.967. The van der Waals surface area contributed by atoms with Crippen molar-refractivity contribution >= 4 is 34.8 Å². The summed E-state index contributed by atoms with van der Waals surface area (Å²) < 4.78 is 3.40. The van der Waals surface area contributed by atoms with Crippen LogP contribution in [0.5, 0.6) is 5.75 Å². The van der Waals surface area contributed by atoms with E-state index < -0.39 is 3.98 Å². The zero-order valence-corrected chi connectivity index (χ0v) is 9.25. The van der Waals surface area contributed by atoms with E-state index in [0.717, 1.165) is 12.0 Å². The van der Waals surface area contributed by atoms with Gasteiger partial charge in [-0.2, -0.15) is 0 Å². The largest absolute Gasteiger partial charge is 0.445 e. The van der Waals surface area contributed by atoms with Crippen molar-refractivity contribution in [3.63, 3.8) is 0 Å². The average Bonchev–Trinajstić information content (AvgIpc) is 2.02. The standard InChI is InChI=1S/C9H8Cl3O/c1-2-7-5-3-4-6-8(7)13-9(10,11)12/h4-6H,2H2,1H3. The van der Waals surface area contributed by atoms with Crippen LogP contribution in [0.2, 0.25) is 0 Å². The van der Waals surface area contributed by atoms with Gasteiger partial charge in [0.25, 0.3) is 0 Å². The highest BCUT2D eigenvalue weighted by atomic mass is 35.6. The molecule has 1 aromatic carbocycles. The first kappa shape index (κ1) is 11.0. The molecular formula is C9H8Cl3O. The Bertz CT molecular complexity index is 280. The Morgan fingerprint density at radius 3 is 2.69 bits per heavy atom. The second kappa shape index (κ2) is 4.41. The minimum absolute atomic E-state index is 0.584. The molecule has 0 unspecified atom stereocenters. The van der Waals surface area contributed by atoms with E-state index in [2.05, 4.69) is 6.07 Å². The Balaban J connectivity index is 2.87. The number of hydrogen-bond acceptors (Lipinski definition) is 1. The van der Waals surface area contributed by atoms with Crippen LogP contribution >= 0.6 is 34.8 Å². The highest BCUT2D eigenvalue weighted by Gasteiger charge is 2.22. The van der Waals surface area contributed by atoms with Gasteiger partial charge in [0.1, 0.15) is 5.75 Å². The molecule has 0 aliphatic carbocycles. The summed E-state index contributed by atoms with van der Waals surface area (Å²) >= 11 is 16.5. The lowest BCUT2D eigenvalue weighted by Gasteiger charge is -2.15. The Labute approximate surface area is 92.5 Å². The van der Waals surface area contributed by atoms with Gasteiger partial charge in [-0.1, -0.05) is 13.0 Å². The first-order valence-electron chi connectivity index (χ1n) is 3.77. The number of rotatable bonds is 2. The quantitative estimate of drug-likeness (QED) is 0.713. The molecule has 1 nitrogen and oxygen atoms in total. The van der Waals surface area contributed by atoms with Gasteiger partial charge in [-0.05, 0) is 65.0 Å². The summed E-state index contributed by atoms with van der Waals surface area (Å²) in [6.07, 6.45) is 0.813. The molecule has 0 atom stereocenters. The number of benzene rings is 1. The van der Waals surface area contributed by atoms with Gasteiger partial charge in [-0.3, -0.25) is 0 Å². The number of ether oxygens (including phenoxy) is 1. The first-order valence-corrected chi connectivity index (χ1v) is 4.91. The highest BCUT2D eigenvalue weighted by Crippen LogP contribution is 2.31. The summed E-state index contributed by atoms with van der Waals surface area (Å²) in [4.78, 5) is 0. The molecule has 0 saturated carbocycles. The third kappa shape index (κ3) is 3.63. The Morgan fingerprint density at radius 1 is 1.46 bits per heavy atom. The summed E-state index contributed by atoms with van der Waals surface area (Å²) in [5, 5.41) is 0. The van der Waals surface area contributed by atoms with Crippen LogP contribution in [-0.2, 0) is 6.42 Å². The second-order valence-electron chi connectivity index (χ2n) is 2.44. The number of aryl methyl sites for hydroxylation is 1. The lowest BCUT2D eigenvalue weighted by Crippen LogP contribution is -2.13. The van der Waals surface area contributed by atoms with Crippen LogP contribution in [0.3, 0.4) is 0 Å². The Kier molecular flexibility index (Phi) is 3.72. The van der Waals surface area contributed by atoms with Crippen LogP contribution in [0, 0.1) is 6.07 Å². The molecule has 4 heteroatoms. The van der Waals surface area contributed by atoms with Crippen molar-refractivity contribution < 1.29 is 4.74 Å². The number of alkyl halides is 3. The Hall–Kier alpha value is -0.110. The van der Waals surface area contributed by atoms with E-state index in [-0.39, 0.29) is 0 Å². The smallest absolute Gasteiger partial charge is 0.338 e. The SMILES string of the molecule is CCc1c[c]ccc1OC(Cl)(Cl)Cl. The van der Waals surface area contributed by atoms with Crippen molar-refractivity contribution in [2.24, 2.45) is 0 Å². The van der Waals surface area contributed by atoms with Gasteiger partial charge in [0.2, 0.25) is 0 Å². The predicted octanol–water partition coefficient (Wildman–Crippen LogP) is 3.76. The number of hydrogen-bond donors (Lipinski definition) is 0. The van der Waals surface area contributed by atoms with Crippen LogP contribution in [0.15, 0.2) is 18.2 Å². The fraction of sp³-hybridized carbons (Fsp3) is 0.333. The predicted molar refractivity (Wildman–Crippen MR) is 55.6 cm³/mol. The third-order valence-corrected chi connectivity index (χ3v) is 1.74. The molecule has 0 aliphatic heterocycles. The molecular weight excluding hydrogens is 230 g/mol. The minimum Gasteiger partial charge on any atom is -0.445 e. The third-order valence-electron chi connectivity index (χ3n) is 1.51. The first-order chi connectivity index (χ1) is 6.03. The molecule has 0 saturated heterocycles. The van der Waals surface area contributed by atoms with Crippen LogP contribution in [-0.4, -0.2) is 3.98 Å². The lowest BCUT2D eigenvalue weighted by atomic mass is 10.1. The van der Waals surface area contributed by atoms with E-state index >= 15 is 0 Å².